The van der Waals surface area contributed by atoms with Gasteiger partial charge in [-0.05, 0) is 23.8 Å². The van der Waals surface area contributed by atoms with E-state index in [0.717, 1.165) is 25.8 Å². The zero-order valence-electron chi connectivity index (χ0n) is 7.87. The van der Waals surface area contributed by atoms with Gasteiger partial charge in [-0.25, -0.2) is 0 Å². The molecule has 0 spiro atoms. The fraction of sp³-hybridized carbons (Fsp3) is 0. The van der Waals surface area contributed by atoms with Gasteiger partial charge < -0.3 is 5.73 Å². The second-order valence-corrected chi connectivity index (χ2v) is 4.98. The lowest BCUT2D eigenvalue weighted by molar-refractivity contribution is 1.56. The number of benzene rings is 2. The van der Waals surface area contributed by atoms with Crippen molar-refractivity contribution in [3.63, 3.8) is 0 Å². The number of rotatable bonds is 1. The number of halogens is 2. The average Bonchev–Trinajstić information content (AvgIpc) is 2.20. The molecule has 15 heavy (non-hydrogen) atoms. The van der Waals surface area contributed by atoms with E-state index in [2.05, 4.69) is 31.9 Å². The first-order valence-corrected chi connectivity index (χ1v) is 6.07. The van der Waals surface area contributed by atoms with E-state index in [1.807, 2.05) is 42.5 Å². The van der Waals surface area contributed by atoms with Gasteiger partial charge in [-0.1, -0.05) is 56.1 Å². The van der Waals surface area contributed by atoms with Crippen LogP contribution in [0, 0.1) is 0 Å². The van der Waals surface area contributed by atoms with Crippen LogP contribution < -0.4 is 5.73 Å². The van der Waals surface area contributed by atoms with Gasteiger partial charge in [0.15, 0.2) is 0 Å². The summed E-state index contributed by atoms with van der Waals surface area (Å²) < 4.78 is 2.05. The summed E-state index contributed by atoms with van der Waals surface area (Å²) in [6.07, 6.45) is 0. The SMILES string of the molecule is Nc1cc(Br)ccc1-c1ccccc1Br. The van der Waals surface area contributed by atoms with Gasteiger partial charge in [-0.3, -0.25) is 0 Å². The Hall–Kier alpha value is -0.800. The van der Waals surface area contributed by atoms with Crippen LogP contribution in [0.4, 0.5) is 5.69 Å². The van der Waals surface area contributed by atoms with Gasteiger partial charge >= 0.3 is 0 Å². The Morgan fingerprint density at radius 2 is 1.60 bits per heavy atom. The molecule has 0 aliphatic heterocycles. The van der Waals surface area contributed by atoms with Crippen LogP contribution in [-0.4, -0.2) is 0 Å². The molecule has 2 N–H and O–H groups in total. The molecular weight excluding hydrogens is 318 g/mol. The van der Waals surface area contributed by atoms with Gasteiger partial charge in [0, 0.05) is 20.2 Å². The maximum Gasteiger partial charge on any atom is 0.0405 e. The first-order chi connectivity index (χ1) is 7.18. The van der Waals surface area contributed by atoms with Gasteiger partial charge in [0.05, 0.1) is 0 Å². The molecule has 0 amide bonds. The largest absolute Gasteiger partial charge is 0.398 e. The number of anilines is 1. The van der Waals surface area contributed by atoms with E-state index in [4.69, 9.17) is 5.73 Å². The Kier molecular flexibility index (Phi) is 3.12. The fourth-order valence-corrected chi connectivity index (χ4v) is 2.34. The first-order valence-electron chi connectivity index (χ1n) is 4.48. The summed E-state index contributed by atoms with van der Waals surface area (Å²) in [5, 5.41) is 0. The molecule has 3 heteroatoms. The van der Waals surface area contributed by atoms with Crippen molar-refractivity contribution in [1.29, 1.82) is 0 Å². The first kappa shape index (κ1) is 10.7. The predicted octanol–water partition coefficient (Wildman–Crippen LogP) is 4.46. The highest BCUT2D eigenvalue weighted by Crippen LogP contribution is 2.33. The Morgan fingerprint density at radius 1 is 0.867 bits per heavy atom. The zero-order valence-corrected chi connectivity index (χ0v) is 11.0. The molecule has 0 radical (unpaired) electrons. The van der Waals surface area contributed by atoms with Crippen LogP contribution in [0.5, 0.6) is 0 Å². The van der Waals surface area contributed by atoms with Crippen LogP contribution >= 0.6 is 31.9 Å². The van der Waals surface area contributed by atoms with Crippen LogP contribution in [0.15, 0.2) is 51.4 Å². The van der Waals surface area contributed by atoms with Crippen LogP contribution in [0.2, 0.25) is 0 Å². The molecule has 2 rings (SSSR count). The molecule has 0 atom stereocenters. The van der Waals surface area contributed by atoms with Crippen molar-refractivity contribution in [1.82, 2.24) is 0 Å². The summed E-state index contributed by atoms with van der Waals surface area (Å²) in [5.74, 6) is 0. The summed E-state index contributed by atoms with van der Waals surface area (Å²) in [6.45, 7) is 0. The lowest BCUT2D eigenvalue weighted by Gasteiger charge is -2.08. The van der Waals surface area contributed by atoms with Crippen LogP contribution in [0.25, 0.3) is 11.1 Å². The molecule has 0 fully saturated rings. The summed E-state index contributed by atoms with van der Waals surface area (Å²) >= 11 is 6.91. The quantitative estimate of drug-likeness (QED) is 0.769. The minimum absolute atomic E-state index is 0.774. The average molecular weight is 327 g/mol. The van der Waals surface area contributed by atoms with Gasteiger partial charge in [0.1, 0.15) is 0 Å². The molecule has 0 aromatic heterocycles. The monoisotopic (exact) mass is 325 g/mol. The predicted molar refractivity (Wildman–Crippen MR) is 71.7 cm³/mol. The third-order valence-corrected chi connectivity index (χ3v) is 3.36. The van der Waals surface area contributed by atoms with Crippen LogP contribution in [-0.2, 0) is 0 Å². The van der Waals surface area contributed by atoms with Crippen molar-refractivity contribution >= 4 is 37.5 Å². The number of nitrogen functional groups attached to an aromatic ring is 1. The molecular formula is C12H9Br2N. The van der Waals surface area contributed by atoms with E-state index in [1.165, 1.54) is 0 Å². The van der Waals surface area contributed by atoms with Crippen molar-refractivity contribution < 1.29 is 0 Å². The third kappa shape index (κ3) is 2.24. The summed E-state index contributed by atoms with van der Waals surface area (Å²) in [4.78, 5) is 0. The number of hydrogen-bond acceptors (Lipinski definition) is 1. The molecule has 0 unspecified atom stereocenters. The van der Waals surface area contributed by atoms with E-state index >= 15 is 0 Å². The Bertz CT molecular complexity index is 495. The molecule has 0 aliphatic rings. The highest BCUT2D eigenvalue weighted by Gasteiger charge is 2.05. The molecule has 1 nitrogen and oxygen atoms in total. The molecule has 0 saturated carbocycles. The lowest BCUT2D eigenvalue weighted by atomic mass is 10.0. The minimum atomic E-state index is 0.774. The smallest absolute Gasteiger partial charge is 0.0405 e. The normalized spacial score (nSPS) is 10.3. The summed E-state index contributed by atoms with van der Waals surface area (Å²) in [7, 11) is 0. The number of hydrogen-bond donors (Lipinski definition) is 1. The summed E-state index contributed by atoms with van der Waals surface area (Å²) in [5.41, 5.74) is 8.91. The topological polar surface area (TPSA) is 26.0 Å². The maximum atomic E-state index is 5.97. The third-order valence-electron chi connectivity index (χ3n) is 2.18. The Morgan fingerprint density at radius 3 is 2.27 bits per heavy atom. The van der Waals surface area contributed by atoms with Crippen molar-refractivity contribution in [2.75, 3.05) is 5.73 Å². The fourth-order valence-electron chi connectivity index (χ4n) is 1.46. The van der Waals surface area contributed by atoms with E-state index in [9.17, 15) is 0 Å². The molecule has 0 bridgehead atoms. The zero-order chi connectivity index (χ0) is 10.8. The molecule has 76 valence electrons. The Balaban J connectivity index is 2.60. The second kappa shape index (κ2) is 4.37. The molecule has 0 saturated heterocycles. The summed E-state index contributed by atoms with van der Waals surface area (Å²) in [6, 6.07) is 14.0. The lowest BCUT2D eigenvalue weighted by Crippen LogP contribution is -1.90. The molecule has 2 aromatic rings. The minimum Gasteiger partial charge on any atom is -0.398 e. The van der Waals surface area contributed by atoms with E-state index in [-0.39, 0.29) is 0 Å². The van der Waals surface area contributed by atoms with Gasteiger partial charge in [-0.15, -0.1) is 0 Å². The van der Waals surface area contributed by atoms with Gasteiger partial charge in [0.25, 0.3) is 0 Å². The Labute approximate surface area is 106 Å². The maximum absolute atomic E-state index is 5.97. The van der Waals surface area contributed by atoms with Crippen molar-refractivity contribution in [2.45, 2.75) is 0 Å². The number of nitrogens with two attached hydrogens (primary N) is 1. The standard InChI is InChI=1S/C12H9Br2N/c13-8-5-6-10(12(15)7-8)9-3-1-2-4-11(9)14/h1-7H,15H2. The van der Waals surface area contributed by atoms with Crippen molar-refractivity contribution in [3.8, 4) is 11.1 Å². The van der Waals surface area contributed by atoms with Crippen molar-refractivity contribution in [2.24, 2.45) is 0 Å². The van der Waals surface area contributed by atoms with Crippen LogP contribution in [0.3, 0.4) is 0 Å². The molecule has 2 aromatic carbocycles. The highest BCUT2D eigenvalue weighted by atomic mass is 79.9. The highest BCUT2D eigenvalue weighted by molar-refractivity contribution is 9.10. The van der Waals surface area contributed by atoms with E-state index in [1.54, 1.807) is 0 Å². The van der Waals surface area contributed by atoms with E-state index in [0.29, 0.717) is 0 Å². The molecule has 0 heterocycles. The van der Waals surface area contributed by atoms with E-state index < -0.39 is 0 Å². The van der Waals surface area contributed by atoms with Crippen LogP contribution in [0.1, 0.15) is 0 Å². The molecule has 0 aliphatic carbocycles. The van der Waals surface area contributed by atoms with Gasteiger partial charge in [0.2, 0.25) is 0 Å². The second-order valence-electron chi connectivity index (χ2n) is 3.21. The van der Waals surface area contributed by atoms with Gasteiger partial charge in [-0.2, -0.15) is 0 Å². The van der Waals surface area contributed by atoms with Crippen molar-refractivity contribution in [3.05, 3.63) is 51.4 Å².